The minimum absolute atomic E-state index is 0.0529. The summed E-state index contributed by atoms with van der Waals surface area (Å²) in [5, 5.41) is 27.2. The Hall–Kier alpha value is -6.43. The summed E-state index contributed by atoms with van der Waals surface area (Å²) in [5.74, 6) is -2.04. The van der Waals surface area contributed by atoms with Crippen LogP contribution in [-0.2, 0) is 38.4 Å². The number of Topliss-reactive ketones (excluding diaryl/α,β-unsaturated/α-hetero) is 2. The molecule has 0 radical (unpaired) electrons. The highest BCUT2D eigenvalue weighted by atomic mass is 35.5. The zero-order valence-electron chi connectivity index (χ0n) is 37.5. The first kappa shape index (κ1) is 53.5. The molecular weight excluding hydrogens is 994 g/mol. The molecule has 21 heteroatoms. The molecule has 0 heterocycles. The molecule has 0 bridgehead atoms. The molecule has 0 aliphatic heterocycles. The van der Waals surface area contributed by atoms with Crippen LogP contribution in [0.4, 0.5) is 34.1 Å². The Bertz CT molecular complexity index is 2810. The summed E-state index contributed by atoms with van der Waals surface area (Å²) in [6.07, 6.45) is 1.36. The van der Waals surface area contributed by atoms with Gasteiger partial charge in [0.15, 0.2) is 11.6 Å². The molecular formula is C48H45Cl5N8O8. The normalized spacial score (nSPS) is 12.0. The maximum Gasteiger partial charge on any atom is 0.258 e. The van der Waals surface area contributed by atoms with E-state index >= 15 is 0 Å². The Labute approximate surface area is 422 Å². The quantitative estimate of drug-likeness (QED) is 0.0296. The third kappa shape index (κ3) is 14.8. The van der Waals surface area contributed by atoms with Crippen molar-refractivity contribution in [2.75, 3.05) is 53.1 Å². The van der Waals surface area contributed by atoms with Crippen molar-refractivity contribution >= 4 is 127 Å². The third-order valence-electron chi connectivity index (χ3n) is 10.0. The second kappa shape index (κ2) is 25.8. The summed E-state index contributed by atoms with van der Waals surface area (Å²) in [5.41, 5.74) is 3.94. The van der Waals surface area contributed by atoms with Crippen LogP contribution in [0.2, 0.25) is 10.0 Å². The molecule has 0 aromatic heterocycles. The molecule has 0 aliphatic carbocycles. The van der Waals surface area contributed by atoms with Crippen LogP contribution in [0.25, 0.3) is 0 Å². The molecule has 5 aromatic rings. The number of methoxy groups -OCH3 is 2. The van der Waals surface area contributed by atoms with Gasteiger partial charge in [0.2, 0.25) is 12.1 Å². The van der Waals surface area contributed by atoms with E-state index in [1.165, 1.54) is 82.7 Å². The van der Waals surface area contributed by atoms with Crippen molar-refractivity contribution in [1.82, 2.24) is 0 Å². The molecule has 4 amide bonds. The fourth-order valence-corrected chi connectivity index (χ4v) is 7.57. The number of rotatable bonds is 22. The number of ketones is 2. The number of nitrogens with zero attached hydrogens (tertiary/aromatic N) is 4. The van der Waals surface area contributed by atoms with Gasteiger partial charge >= 0.3 is 0 Å². The summed E-state index contributed by atoms with van der Waals surface area (Å²) >= 11 is 30.6. The maximum atomic E-state index is 13.5. The third-order valence-corrected chi connectivity index (χ3v) is 11.3. The fraction of sp³-hybridized carbons (Fsp3) is 0.250. The lowest BCUT2D eigenvalue weighted by atomic mass is 10.1. The predicted octanol–water partition coefficient (Wildman–Crippen LogP) is 11.2. The summed E-state index contributed by atoms with van der Waals surface area (Å²) in [7, 11) is 3.02. The fourth-order valence-electron chi connectivity index (χ4n) is 6.56. The van der Waals surface area contributed by atoms with Gasteiger partial charge in [-0.15, -0.1) is 34.8 Å². The van der Waals surface area contributed by atoms with Crippen molar-refractivity contribution in [2.45, 2.75) is 45.2 Å². The van der Waals surface area contributed by atoms with E-state index in [4.69, 9.17) is 67.5 Å². The Morgan fingerprint density at radius 1 is 0.507 bits per heavy atom. The van der Waals surface area contributed by atoms with Crippen LogP contribution in [0.5, 0.6) is 11.5 Å². The Balaban J connectivity index is 1.26. The molecule has 5 rings (SSSR count). The zero-order chi connectivity index (χ0) is 50.2. The lowest BCUT2D eigenvalue weighted by Crippen LogP contribution is -2.32. The highest BCUT2D eigenvalue weighted by Crippen LogP contribution is 2.30. The predicted molar refractivity (Wildman–Crippen MR) is 270 cm³/mol. The van der Waals surface area contributed by atoms with Crippen molar-refractivity contribution in [3.05, 3.63) is 129 Å². The minimum atomic E-state index is -1.60. The van der Waals surface area contributed by atoms with Gasteiger partial charge in [0, 0.05) is 52.5 Å². The number of anilines is 4. The van der Waals surface area contributed by atoms with E-state index < -0.39 is 47.3 Å². The van der Waals surface area contributed by atoms with Crippen LogP contribution in [-0.4, -0.2) is 79.1 Å². The number of aryl methyl sites for hydroxylation is 3. The number of halogens is 5. The zero-order valence-corrected chi connectivity index (χ0v) is 41.3. The first-order valence-electron chi connectivity index (χ1n) is 20.9. The second-order valence-electron chi connectivity index (χ2n) is 14.9. The lowest BCUT2D eigenvalue weighted by molar-refractivity contribution is -0.127. The smallest absolute Gasteiger partial charge is 0.258 e. The Morgan fingerprint density at radius 2 is 0.913 bits per heavy atom. The van der Waals surface area contributed by atoms with Crippen LogP contribution in [0.3, 0.4) is 0 Å². The number of hydrogen-bond acceptors (Lipinski definition) is 12. The van der Waals surface area contributed by atoms with Crippen LogP contribution < -0.4 is 30.7 Å². The average molecular weight is 1040 g/mol. The van der Waals surface area contributed by atoms with Crippen LogP contribution in [0.1, 0.15) is 51.3 Å². The number of hydrogen-bond donors (Lipinski definition) is 4. The molecule has 2 unspecified atom stereocenters. The van der Waals surface area contributed by atoms with Crippen molar-refractivity contribution in [3.63, 3.8) is 0 Å². The molecule has 2 atom stereocenters. The molecule has 0 aliphatic rings. The van der Waals surface area contributed by atoms with Gasteiger partial charge in [-0.1, -0.05) is 35.3 Å². The van der Waals surface area contributed by atoms with Gasteiger partial charge in [0.05, 0.1) is 46.8 Å². The number of benzene rings is 5. The number of carbonyl (C=O) groups excluding carboxylic acids is 6. The first-order valence-corrected chi connectivity index (χ1v) is 23.3. The van der Waals surface area contributed by atoms with E-state index in [9.17, 15) is 28.8 Å². The van der Waals surface area contributed by atoms with Gasteiger partial charge in [-0.05, 0) is 117 Å². The van der Waals surface area contributed by atoms with Crippen LogP contribution >= 0.6 is 58.0 Å². The van der Waals surface area contributed by atoms with E-state index in [2.05, 4.69) is 41.7 Å². The SMILES string of the molecule is COc1cc(NC(=O)c2cc(N=NC(C(C)=O)C(=O)Nc3ccc(NC(=O)C(N=Nc4ccc(Cl)c(C(=O)Nc5ccc(CCCl)c(OC)c5)c4)C(C)=O)c(CCCl)c3)ccc2Cl)ccc1CCCl. The largest absolute Gasteiger partial charge is 0.496 e. The maximum absolute atomic E-state index is 13.5. The van der Waals surface area contributed by atoms with Crippen molar-refractivity contribution in [2.24, 2.45) is 20.5 Å². The van der Waals surface area contributed by atoms with Gasteiger partial charge in [-0.25, -0.2) is 0 Å². The lowest BCUT2D eigenvalue weighted by Gasteiger charge is -2.15. The van der Waals surface area contributed by atoms with E-state index in [0.717, 1.165) is 11.1 Å². The standard InChI is InChI=1S/C48H45Cl5N8O8/c1-26(62)43(60-58-34-9-12-38(52)36(22-34)45(64)54-32-7-5-28(15-18-49)41(24-32)68-3)47(66)56-31-11-14-40(30(21-31)17-20-51)57-48(67)44(27(2)63)61-59-35-10-13-39(53)37(23-35)46(65)55-33-8-6-29(16-19-50)42(25-33)69-4/h5-14,21-25,43-44H,15-20H2,1-4H3,(H,54,64)(H,55,65)(H,56,66)(H,57,67). The number of carbonyl (C=O) groups is 6. The summed E-state index contributed by atoms with van der Waals surface area (Å²) in [6.45, 7) is 2.34. The molecule has 16 nitrogen and oxygen atoms in total. The summed E-state index contributed by atoms with van der Waals surface area (Å²) < 4.78 is 10.8. The van der Waals surface area contributed by atoms with Gasteiger partial charge < -0.3 is 30.7 Å². The molecule has 0 fully saturated rings. The highest BCUT2D eigenvalue weighted by molar-refractivity contribution is 6.35. The monoisotopic (exact) mass is 1040 g/mol. The number of amides is 4. The number of alkyl halides is 3. The van der Waals surface area contributed by atoms with Crippen LogP contribution in [0, 0.1) is 0 Å². The Morgan fingerprint density at radius 3 is 1.33 bits per heavy atom. The molecule has 360 valence electrons. The number of ether oxygens (including phenoxy) is 2. The van der Waals surface area contributed by atoms with Gasteiger partial charge in [-0.2, -0.15) is 20.5 Å². The van der Waals surface area contributed by atoms with Gasteiger partial charge in [0.1, 0.15) is 11.5 Å². The van der Waals surface area contributed by atoms with E-state index in [1.807, 2.05) is 0 Å². The Kier molecular flexibility index (Phi) is 20.0. The van der Waals surface area contributed by atoms with E-state index in [-0.39, 0.29) is 56.2 Å². The van der Waals surface area contributed by atoms with E-state index in [1.54, 1.807) is 36.4 Å². The first-order chi connectivity index (χ1) is 33.1. The van der Waals surface area contributed by atoms with Crippen molar-refractivity contribution in [3.8, 4) is 11.5 Å². The van der Waals surface area contributed by atoms with E-state index in [0.29, 0.717) is 53.0 Å². The molecule has 0 saturated heterocycles. The molecule has 5 aromatic carbocycles. The second-order valence-corrected chi connectivity index (χ2v) is 16.9. The summed E-state index contributed by atoms with van der Waals surface area (Å²) in [4.78, 5) is 78.9. The van der Waals surface area contributed by atoms with Gasteiger partial charge in [-0.3, -0.25) is 28.8 Å². The van der Waals surface area contributed by atoms with Crippen molar-refractivity contribution in [1.29, 1.82) is 0 Å². The molecule has 4 N–H and O–H groups in total. The highest BCUT2D eigenvalue weighted by Gasteiger charge is 2.26. The average Bonchev–Trinajstić information content (AvgIpc) is 3.31. The molecule has 69 heavy (non-hydrogen) atoms. The number of nitrogens with one attached hydrogen (secondary N) is 4. The minimum Gasteiger partial charge on any atom is -0.496 e. The molecule has 0 spiro atoms. The topological polar surface area (TPSA) is 218 Å². The van der Waals surface area contributed by atoms with Crippen LogP contribution in [0.15, 0.2) is 111 Å². The van der Waals surface area contributed by atoms with Crippen molar-refractivity contribution < 1.29 is 38.2 Å². The summed E-state index contributed by atoms with van der Waals surface area (Å²) in [6, 6.07) is 20.1. The van der Waals surface area contributed by atoms with Gasteiger partial charge in [0.25, 0.3) is 23.6 Å². The number of azo groups is 2. The molecule has 0 saturated carbocycles.